The van der Waals surface area contributed by atoms with Crippen molar-refractivity contribution in [2.24, 2.45) is 5.73 Å². The Labute approximate surface area is 208 Å². The minimum Gasteiger partial charge on any atom is -0.497 e. The fourth-order valence-corrected chi connectivity index (χ4v) is 4.74. The number of H-pyrrole nitrogens is 1. The summed E-state index contributed by atoms with van der Waals surface area (Å²) >= 11 is 1.12. The van der Waals surface area contributed by atoms with E-state index in [4.69, 9.17) is 20.6 Å². The molecule has 2 aromatic carbocycles. The molecule has 13 heteroatoms. The van der Waals surface area contributed by atoms with Crippen molar-refractivity contribution in [2.45, 2.75) is 12.5 Å². The van der Waals surface area contributed by atoms with Gasteiger partial charge in [-0.1, -0.05) is 0 Å². The molecule has 0 aliphatic carbocycles. The van der Waals surface area contributed by atoms with Crippen LogP contribution in [0, 0.1) is 11.2 Å². The number of allylic oxidation sites excluding steroid dienone is 1. The average molecular weight is 515 g/mol. The van der Waals surface area contributed by atoms with E-state index in [1.807, 2.05) is 0 Å². The van der Waals surface area contributed by atoms with Crippen molar-refractivity contribution in [1.82, 2.24) is 14.8 Å². The number of halogens is 1. The van der Waals surface area contributed by atoms with E-state index in [1.54, 1.807) is 24.3 Å². The molecule has 1 atom stereocenters. The van der Waals surface area contributed by atoms with Crippen LogP contribution < -0.4 is 26.2 Å². The number of hydrogen-bond donors (Lipinski definition) is 5. The van der Waals surface area contributed by atoms with Crippen LogP contribution in [-0.4, -0.2) is 51.6 Å². The minimum atomic E-state index is -1.15. The zero-order valence-electron chi connectivity index (χ0n) is 19.3. The molecular formula is C23H23FN6O5S. The molecule has 3 aromatic rings. The standard InChI is InChI=1S/C23H23FN6O5S/c1-34-13-9-14(17(24)16(10-13)35-2)18(27-12-5-3-11(4-6-12)20(25)26)21-28-23(33)30(29-21)15-7-8-36-19(15)22(31)32/h3-6,9-10,18,27H,7-8H2,1-2H3,(H3,25,26)(H,31,32)(H,28,29,33). The number of nitrogens with two attached hydrogens (primary N) is 1. The van der Waals surface area contributed by atoms with Gasteiger partial charge in [0.15, 0.2) is 17.4 Å². The second-order valence-electron chi connectivity index (χ2n) is 7.71. The normalized spacial score (nSPS) is 14.0. The quantitative estimate of drug-likeness (QED) is 0.213. The topological polar surface area (TPSA) is 168 Å². The zero-order valence-corrected chi connectivity index (χ0v) is 20.1. The van der Waals surface area contributed by atoms with Crippen molar-refractivity contribution < 1.29 is 23.8 Å². The predicted octanol–water partition coefficient (Wildman–Crippen LogP) is 2.60. The number of carboxylic acid groups (broad SMARTS) is 1. The molecule has 1 aliphatic heterocycles. The molecule has 36 heavy (non-hydrogen) atoms. The molecule has 0 saturated heterocycles. The summed E-state index contributed by atoms with van der Waals surface area (Å²) in [6.45, 7) is 0. The largest absolute Gasteiger partial charge is 0.497 e. The number of methoxy groups -OCH3 is 2. The molecule has 2 heterocycles. The van der Waals surface area contributed by atoms with E-state index in [2.05, 4.69) is 15.4 Å². The second kappa shape index (κ2) is 10.2. The number of carboxylic acids is 1. The van der Waals surface area contributed by atoms with Crippen LogP contribution in [0.5, 0.6) is 11.5 Å². The van der Waals surface area contributed by atoms with E-state index in [0.29, 0.717) is 29.2 Å². The van der Waals surface area contributed by atoms with E-state index < -0.39 is 23.5 Å². The number of aromatic nitrogens is 3. The highest BCUT2D eigenvalue weighted by atomic mass is 32.2. The van der Waals surface area contributed by atoms with Crippen LogP contribution in [0.15, 0.2) is 46.1 Å². The number of thioether (sulfide) groups is 1. The Bertz CT molecular complexity index is 1420. The first kappa shape index (κ1) is 24.9. The molecule has 0 radical (unpaired) electrons. The third-order valence-corrected chi connectivity index (χ3v) is 6.63. The summed E-state index contributed by atoms with van der Waals surface area (Å²) in [5, 5.41) is 24.5. The summed E-state index contributed by atoms with van der Waals surface area (Å²) in [4.78, 5) is 27.1. The van der Waals surface area contributed by atoms with Crippen LogP contribution in [0.4, 0.5) is 10.1 Å². The number of anilines is 1. The number of amidine groups is 1. The van der Waals surface area contributed by atoms with Crippen molar-refractivity contribution >= 4 is 35.0 Å². The van der Waals surface area contributed by atoms with Crippen LogP contribution in [0.3, 0.4) is 0 Å². The lowest BCUT2D eigenvalue weighted by atomic mass is 10.0. The van der Waals surface area contributed by atoms with Crippen molar-refractivity contribution in [3.05, 3.63) is 74.6 Å². The summed E-state index contributed by atoms with van der Waals surface area (Å²) in [6, 6.07) is 8.33. The maximum Gasteiger partial charge on any atom is 0.347 e. The molecule has 6 N–H and O–H groups in total. The molecule has 1 unspecified atom stereocenters. The van der Waals surface area contributed by atoms with Gasteiger partial charge in [-0.3, -0.25) is 10.4 Å². The van der Waals surface area contributed by atoms with Gasteiger partial charge in [-0.2, -0.15) is 4.68 Å². The first-order valence-corrected chi connectivity index (χ1v) is 11.6. The van der Waals surface area contributed by atoms with Crippen LogP contribution >= 0.6 is 11.8 Å². The number of carbonyl (C=O) groups is 1. The van der Waals surface area contributed by atoms with Gasteiger partial charge in [-0.05, 0) is 30.3 Å². The molecule has 1 aromatic heterocycles. The van der Waals surface area contributed by atoms with Gasteiger partial charge in [-0.25, -0.2) is 14.0 Å². The van der Waals surface area contributed by atoms with Crippen LogP contribution in [0.25, 0.3) is 5.70 Å². The average Bonchev–Trinajstić information content (AvgIpc) is 3.50. The Morgan fingerprint density at radius 3 is 2.64 bits per heavy atom. The molecule has 0 bridgehead atoms. The molecular weight excluding hydrogens is 491 g/mol. The third kappa shape index (κ3) is 4.77. The van der Waals surface area contributed by atoms with Crippen LogP contribution in [0.2, 0.25) is 0 Å². The number of nitrogen functional groups attached to an aromatic ring is 1. The first-order chi connectivity index (χ1) is 17.2. The molecule has 0 fully saturated rings. The Balaban J connectivity index is 1.85. The highest BCUT2D eigenvalue weighted by Gasteiger charge is 2.29. The van der Waals surface area contributed by atoms with E-state index in [1.165, 1.54) is 26.4 Å². The van der Waals surface area contributed by atoms with Crippen molar-refractivity contribution in [3.63, 3.8) is 0 Å². The first-order valence-electron chi connectivity index (χ1n) is 10.6. The number of nitrogens with zero attached hydrogens (tertiary/aromatic N) is 2. The van der Waals surface area contributed by atoms with Gasteiger partial charge in [0, 0.05) is 35.1 Å². The van der Waals surface area contributed by atoms with Gasteiger partial charge in [0.05, 0.1) is 19.9 Å². The van der Waals surface area contributed by atoms with Gasteiger partial charge >= 0.3 is 11.7 Å². The number of rotatable bonds is 9. The number of benzene rings is 2. The van der Waals surface area contributed by atoms with Gasteiger partial charge in [0.1, 0.15) is 22.5 Å². The summed E-state index contributed by atoms with van der Waals surface area (Å²) in [5.41, 5.74) is 6.21. The van der Waals surface area contributed by atoms with E-state index >= 15 is 4.39 Å². The minimum absolute atomic E-state index is 0.0358. The molecule has 0 saturated carbocycles. The lowest BCUT2D eigenvalue weighted by Crippen LogP contribution is -2.18. The number of ether oxygens (including phenoxy) is 2. The van der Waals surface area contributed by atoms with Crippen molar-refractivity contribution in [3.8, 4) is 11.5 Å². The number of aromatic amines is 1. The Morgan fingerprint density at radius 2 is 2.03 bits per heavy atom. The molecule has 0 spiro atoms. The highest BCUT2D eigenvalue weighted by Crippen LogP contribution is 2.36. The lowest BCUT2D eigenvalue weighted by Gasteiger charge is -2.21. The second-order valence-corrected chi connectivity index (χ2v) is 8.81. The summed E-state index contributed by atoms with van der Waals surface area (Å²) in [6.07, 6.45) is 0.336. The maximum absolute atomic E-state index is 15.5. The lowest BCUT2D eigenvalue weighted by molar-refractivity contribution is -0.131. The summed E-state index contributed by atoms with van der Waals surface area (Å²) < 4.78 is 27.0. The van der Waals surface area contributed by atoms with E-state index in [-0.39, 0.29) is 33.6 Å². The van der Waals surface area contributed by atoms with Crippen molar-refractivity contribution in [1.29, 1.82) is 5.41 Å². The van der Waals surface area contributed by atoms with Crippen molar-refractivity contribution in [2.75, 3.05) is 25.3 Å². The maximum atomic E-state index is 15.5. The number of nitrogens with one attached hydrogen (secondary N) is 3. The molecule has 188 valence electrons. The van der Waals surface area contributed by atoms with Gasteiger partial charge < -0.3 is 25.6 Å². The third-order valence-electron chi connectivity index (χ3n) is 5.52. The summed E-state index contributed by atoms with van der Waals surface area (Å²) in [5.74, 6) is -1.18. The fraction of sp³-hybridized carbons (Fsp3) is 0.217. The SMILES string of the molecule is COc1cc(OC)c(F)c(C(Nc2ccc(C(=N)N)cc2)c2nn(C3=C(C(=O)O)SCC3)c(=O)[nH]2)c1. The van der Waals surface area contributed by atoms with Gasteiger partial charge in [0.25, 0.3) is 0 Å². The number of aliphatic carboxylic acids is 1. The highest BCUT2D eigenvalue weighted by molar-refractivity contribution is 8.04. The molecule has 4 rings (SSSR count). The Hall–Kier alpha value is -4.26. The monoisotopic (exact) mass is 514 g/mol. The Kier molecular flexibility index (Phi) is 7.01. The molecule has 1 aliphatic rings. The molecule has 11 nitrogen and oxygen atoms in total. The smallest absolute Gasteiger partial charge is 0.347 e. The zero-order chi connectivity index (χ0) is 26.0. The molecule has 0 amide bonds. The van der Waals surface area contributed by atoms with E-state index in [9.17, 15) is 14.7 Å². The van der Waals surface area contributed by atoms with E-state index in [0.717, 1.165) is 16.4 Å². The van der Waals surface area contributed by atoms with Gasteiger partial charge in [0.2, 0.25) is 0 Å². The fourth-order valence-electron chi connectivity index (χ4n) is 3.76. The number of hydrogen-bond acceptors (Lipinski definition) is 8. The summed E-state index contributed by atoms with van der Waals surface area (Å²) in [7, 11) is 2.74. The van der Waals surface area contributed by atoms with Crippen LogP contribution in [-0.2, 0) is 4.79 Å². The predicted molar refractivity (Wildman–Crippen MR) is 133 cm³/mol. The van der Waals surface area contributed by atoms with Crippen LogP contribution in [0.1, 0.15) is 29.4 Å². The Morgan fingerprint density at radius 1 is 1.31 bits per heavy atom. The van der Waals surface area contributed by atoms with Gasteiger partial charge in [-0.15, -0.1) is 16.9 Å².